The number of ether oxygens (including phenoxy) is 1. The van der Waals surface area contributed by atoms with E-state index in [1.807, 2.05) is 24.3 Å². The second-order valence-electron chi connectivity index (χ2n) is 10.1. The van der Waals surface area contributed by atoms with Crippen molar-refractivity contribution in [1.29, 1.82) is 0 Å². The number of anilines is 2. The van der Waals surface area contributed by atoms with Crippen molar-refractivity contribution >= 4 is 23.3 Å². The lowest BCUT2D eigenvalue weighted by Crippen LogP contribution is -2.44. The molecule has 10 nitrogen and oxygen atoms in total. The minimum atomic E-state index is -0.185. The van der Waals surface area contributed by atoms with E-state index in [9.17, 15) is 9.59 Å². The SMILES string of the molecule is COc1ccc(CNc2nc(CCc3cccc(N4CCN(C)CC4)c3)nc(CN3CC(=O)CC3=O)n2)cc1. The maximum absolute atomic E-state index is 12.2. The van der Waals surface area contributed by atoms with Crippen LogP contribution in [0.1, 0.15) is 29.2 Å². The highest BCUT2D eigenvalue weighted by molar-refractivity contribution is 6.05. The number of carbonyl (C=O) groups excluding carboxylic acids is 2. The van der Waals surface area contributed by atoms with Crippen LogP contribution in [0.15, 0.2) is 48.5 Å². The standard InChI is InChI=1S/C29H35N7O3/c1-34-12-14-35(15-13-34)23-5-3-4-21(16-23)8-11-26-31-27(20-36-19-24(37)17-28(36)38)33-29(32-26)30-18-22-6-9-25(39-2)10-7-22/h3-7,9-10,16H,8,11-15,17-20H2,1-2H3,(H,30,31,32,33). The van der Waals surface area contributed by atoms with E-state index in [0.717, 1.165) is 43.9 Å². The Morgan fingerprint density at radius 1 is 0.897 bits per heavy atom. The van der Waals surface area contributed by atoms with E-state index in [-0.39, 0.29) is 31.2 Å². The third-order valence-corrected chi connectivity index (χ3v) is 7.15. The summed E-state index contributed by atoms with van der Waals surface area (Å²) in [5.74, 6) is 2.12. The van der Waals surface area contributed by atoms with E-state index >= 15 is 0 Å². The largest absolute Gasteiger partial charge is 0.497 e. The minimum absolute atomic E-state index is 0.0514. The first-order chi connectivity index (χ1) is 18.9. The van der Waals surface area contributed by atoms with Crippen LogP contribution in [-0.2, 0) is 35.5 Å². The molecule has 3 heterocycles. The van der Waals surface area contributed by atoms with Crippen molar-refractivity contribution in [2.24, 2.45) is 0 Å². The number of piperazine rings is 1. The molecule has 39 heavy (non-hydrogen) atoms. The fourth-order valence-corrected chi connectivity index (χ4v) is 4.84. The molecule has 2 aliphatic heterocycles. The third kappa shape index (κ3) is 7.08. The summed E-state index contributed by atoms with van der Waals surface area (Å²) in [5, 5.41) is 3.29. The van der Waals surface area contributed by atoms with Gasteiger partial charge in [-0.2, -0.15) is 9.97 Å². The van der Waals surface area contributed by atoms with Crippen LogP contribution in [0.4, 0.5) is 11.6 Å². The van der Waals surface area contributed by atoms with Gasteiger partial charge in [0.05, 0.1) is 26.6 Å². The number of ketones is 1. The molecule has 204 valence electrons. The van der Waals surface area contributed by atoms with E-state index in [1.54, 1.807) is 7.11 Å². The third-order valence-electron chi connectivity index (χ3n) is 7.15. The number of likely N-dealkylation sites (tertiary alicyclic amines) is 1. The van der Waals surface area contributed by atoms with Gasteiger partial charge in [-0.3, -0.25) is 9.59 Å². The summed E-state index contributed by atoms with van der Waals surface area (Å²) in [6, 6.07) is 16.5. The summed E-state index contributed by atoms with van der Waals surface area (Å²) in [4.78, 5) is 44.2. The van der Waals surface area contributed by atoms with Crippen molar-refractivity contribution < 1.29 is 14.3 Å². The van der Waals surface area contributed by atoms with Crippen molar-refractivity contribution in [3.63, 3.8) is 0 Å². The number of nitrogens with zero attached hydrogens (tertiary/aromatic N) is 6. The van der Waals surface area contributed by atoms with Gasteiger partial charge in [-0.25, -0.2) is 4.98 Å². The molecule has 5 rings (SSSR count). The molecular weight excluding hydrogens is 494 g/mol. The lowest BCUT2D eigenvalue weighted by Gasteiger charge is -2.34. The lowest BCUT2D eigenvalue weighted by molar-refractivity contribution is -0.128. The second-order valence-corrected chi connectivity index (χ2v) is 10.1. The summed E-state index contributed by atoms with van der Waals surface area (Å²) < 4.78 is 5.24. The number of rotatable bonds is 10. The number of likely N-dealkylation sites (N-methyl/N-ethyl adjacent to an activating group) is 1. The molecule has 0 saturated carbocycles. The van der Waals surface area contributed by atoms with Crippen molar-refractivity contribution in [3.05, 3.63) is 71.3 Å². The number of hydrogen-bond acceptors (Lipinski definition) is 9. The second kappa shape index (κ2) is 12.2. The molecule has 1 amide bonds. The van der Waals surface area contributed by atoms with Gasteiger partial charge in [0.1, 0.15) is 11.6 Å². The summed E-state index contributed by atoms with van der Waals surface area (Å²) >= 11 is 0. The van der Waals surface area contributed by atoms with E-state index in [0.29, 0.717) is 30.6 Å². The number of amides is 1. The quantitative estimate of drug-likeness (QED) is 0.396. The Hall–Kier alpha value is -4.05. The Balaban J connectivity index is 1.29. The highest BCUT2D eigenvalue weighted by atomic mass is 16.5. The fraction of sp³-hybridized carbons (Fsp3) is 0.414. The predicted octanol–water partition coefficient (Wildman–Crippen LogP) is 2.33. The summed E-state index contributed by atoms with van der Waals surface area (Å²) in [7, 11) is 3.80. The van der Waals surface area contributed by atoms with Crippen LogP contribution >= 0.6 is 0 Å². The van der Waals surface area contributed by atoms with Crippen LogP contribution in [0.2, 0.25) is 0 Å². The molecule has 2 aromatic carbocycles. The fourth-order valence-electron chi connectivity index (χ4n) is 4.84. The van der Waals surface area contributed by atoms with E-state index < -0.39 is 0 Å². The summed E-state index contributed by atoms with van der Waals surface area (Å²) in [6.45, 7) is 5.00. The Bertz CT molecular complexity index is 1310. The molecular formula is C29H35N7O3. The van der Waals surface area contributed by atoms with Crippen molar-refractivity contribution in [2.75, 3.05) is 57.1 Å². The molecule has 2 aliphatic rings. The zero-order chi connectivity index (χ0) is 27.2. The average Bonchev–Trinajstić information content (AvgIpc) is 3.27. The number of Topliss-reactive ketones (excluding diaryl/α,β-unsaturated/α-hetero) is 1. The molecule has 0 radical (unpaired) electrons. The van der Waals surface area contributed by atoms with Gasteiger partial charge in [-0.15, -0.1) is 0 Å². The van der Waals surface area contributed by atoms with Gasteiger partial charge >= 0.3 is 0 Å². The van der Waals surface area contributed by atoms with E-state index in [4.69, 9.17) is 4.74 Å². The molecule has 2 saturated heterocycles. The van der Waals surface area contributed by atoms with Gasteiger partial charge in [0.15, 0.2) is 11.6 Å². The van der Waals surface area contributed by atoms with Crippen molar-refractivity contribution in [1.82, 2.24) is 24.8 Å². The van der Waals surface area contributed by atoms with Crippen LogP contribution in [0.25, 0.3) is 0 Å². The number of hydrogen-bond donors (Lipinski definition) is 1. The van der Waals surface area contributed by atoms with Gasteiger partial charge in [-0.1, -0.05) is 24.3 Å². The highest BCUT2D eigenvalue weighted by Crippen LogP contribution is 2.20. The van der Waals surface area contributed by atoms with E-state index in [1.165, 1.54) is 16.2 Å². The number of benzene rings is 2. The molecule has 0 spiro atoms. The number of aromatic nitrogens is 3. The number of carbonyl (C=O) groups is 2. The van der Waals surface area contributed by atoms with Gasteiger partial charge in [0, 0.05) is 44.8 Å². The maximum atomic E-state index is 12.2. The van der Waals surface area contributed by atoms with Gasteiger partial charge < -0.3 is 24.8 Å². The average molecular weight is 530 g/mol. The molecule has 0 aliphatic carbocycles. The Labute approximate surface area is 229 Å². The van der Waals surface area contributed by atoms with Crippen LogP contribution in [0, 0.1) is 0 Å². The first-order valence-corrected chi connectivity index (χ1v) is 13.4. The van der Waals surface area contributed by atoms with Crippen molar-refractivity contribution in [2.45, 2.75) is 32.4 Å². The topological polar surface area (TPSA) is 104 Å². The Morgan fingerprint density at radius 2 is 1.67 bits per heavy atom. The molecule has 0 unspecified atom stereocenters. The molecule has 0 atom stereocenters. The molecule has 1 N–H and O–H groups in total. The molecule has 3 aromatic rings. The highest BCUT2D eigenvalue weighted by Gasteiger charge is 2.28. The molecule has 2 fully saturated rings. The Morgan fingerprint density at radius 3 is 2.38 bits per heavy atom. The first-order valence-electron chi connectivity index (χ1n) is 13.4. The molecule has 0 bridgehead atoms. The normalized spacial score (nSPS) is 16.2. The number of methoxy groups -OCH3 is 1. The lowest BCUT2D eigenvalue weighted by atomic mass is 10.1. The zero-order valence-electron chi connectivity index (χ0n) is 22.6. The molecule has 1 aromatic heterocycles. The minimum Gasteiger partial charge on any atom is -0.497 e. The first kappa shape index (κ1) is 26.6. The van der Waals surface area contributed by atoms with Crippen LogP contribution in [-0.4, -0.2) is 83.3 Å². The van der Waals surface area contributed by atoms with Gasteiger partial charge in [0.25, 0.3) is 0 Å². The van der Waals surface area contributed by atoms with Gasteiger partial charge in [-0.05, 0) is 48.9 Å². The van der Waals surface area contributed by atoms with Gasteiger partial charge in [0.2, 0.25) is 11.9 Å². The van der Waals surface area contributed by atoms with Crippen molar-refractivity contribution in [3.8, 4) is 5.75 Å². The monoisotopic (exact) mass is 529 g/mol. The molecule has 10 heteroatoms. The number of aryl methyl sites for hydroxylation is 2. The van der Waals surface area contributed by atoms with Crippen LogP contribution in [0.5, 0.6) is 5.75 Å². The van der Waals surface area contributed by atoms with E-state index in [2.05, 4.69) is 61.4 Å². The zero-order valence-corrected chi connectivity index (χ0v) is 22.6. The Kier molecular flexibility index (Phi) is 8.31. The predicted molar refractivity (Wildman–Crippen MR) is 149 cm³/mol. The summed E-state index contributed by atoms with van der Waals surface area (Å²) in [5.41, 5.74) is 3.53. The maximum Gasteiger partial charge on any atom is 0.230 e. The van der Waals surface area contributed by atoms with Crippen LogP contribution in [0.3, 0.4) is 0 Å². The number of nitrogens with one attached hydrogen (secondary N) is 1. The summed E-state index contributed by atoms with van der Waals surface area (Å²) in [6.07, 6.45) is 1.36. The van der Waals surface area contributed by atoms with Crippen LogP contribution < -0.4 is 15.0 Å². The smallest absolute Gasteiger partial charge is 0.230 e.